The van der Waals surface area contributed by atoms with Gasteiger partial charge in [-0.2, -0.15) is 0 Å². The van der Waals surface area contributed by atoms with Gasteiger partial charge in [0.15, 0.2) is 5.84 Å². The summed E-state index contributed by atoms with van der Waals surface area (Å²) in [6, 6.07) is 7.45. The lowest BCUT2D eigenvalue weighted by atomic mass is 10.0. The number of aromatic amines is 1. The Kier molecular flexibility index (Phi) is 8.16. The molecule has 187 valence electrons. The summed E-state index contributed by atoms with van der Waals surface area (Å²) < 4.78 is 10.8. The number of nitrogens with zero attached hydrogens (tertiary/aromatic N) is 3. The van der Waals surface area contributed by atoms with E-state index in [1.54, 1.807) is 34.8 Å². The Balaban J connectivity index is 1.82. The van der Waals surface area contributed by atoms with Crippen LogP contribution >= 0.6 is 0 Å². The molecule has 2 aromatic rings. The Bertz CT molecular complexity index is 1130. The van der Waals surface area contributed by atoms with Gasteiger partial charge in [0, 0.05) is 24.3 Å². The summed E-state index contributed by atoms with van der Waals surface area (Å²) in [5.74, 6) is 1.14. The van der Waals surface area contributed by atoms with Crippen LogP contribution in [-0.2, 0) is 17.7 Å². The second kappa shape index (κ2) is 11.1. The van der Waals surface area contributed by atoms with Crippen LogP contribution < -0.4 is 20.7 Å². The van der Waals surface area contributed by atoms with Gasteiger partial charge in [0.05, 0.1) is 19.2 Å². The number of nitrogens with one attached hydrogen (secondary N) is 3. The first kappa shape index (κ1) is 25.8. The van der Waals surface area contributed by atoms with Crippen LogP contribution in [0.5, 0.6) is 5.75 Å². The Morgan fingerprint density at radius 3 is 2.40 bits per heavy atom. The number of rotatable bonds is 10. The van der Waals surface area contributed by atoms with Crippen molar-refractivity contribution in [1.29, 1.82) is 0 Å². The zero-order valence-electron chi connectivity index (χ0n) is 21.1. The predicted octanol–water partition coefficient (Wildman–Crippen LogP) is 3.62. The highest BCUT2D eigenvalue weighted by Gasteiger charge is 2.28. The zero-order chi connectivity index (χ0) is 25.6. The highest BCUT2D eigenvalue weighted by molar-refractivity contribution is 6.03. The average molecular weight is 482 g/mol. The van der Waals surface area contributed by atoms with Crippen LogP contribution in [0, 0.1) is 0 Å². The number of amidine groups is 2. The molecule has 0 saturated heterocycles. The van der Waals surface area contributed by atoms with E-state index >= 15 is 0 Å². The Morgan fingerprint density at radius 1 is 1.11 bits per heavy atom. The normalized spacial score (nSPS) is 13.0. The topological polar surface area (TPSA) is 131 Å². The molecule has 1 radical (unpaired) electrons. The molecule has 3 rings (SSSR count). The number of ether oxygens (including phenoxy) is 2. The molecule has 1 aliphatic rings. The fraction of sp³-hybridized carbons (Fsp3) is 0.440. The fourth-order valence-corrected chi connectivity index (χ4v) is 3.60. The van der Waals surface area contributed by atoms with Crippen molar-refractivity contribution in [3.05, 3.63) is 46.8 Å². The minimum Gasteiger partial charge on any atom is -0.497 e. The fourth-order valence-electron chi connectivity index (χ4n) is 3.60. The lowest BCUT2D eigenvalue weighted by Gasteiger charge is -2.19. The monoisotopic (exact) mass is 481 g/mol. The highest BCUT2D eigenvalue weighted by atomic mass is 16.6. The molecule has 0 fully saturated rings. The molecule has 35 heavy (non-hydrogen) atoms. The number of hydrogen-bond donors (Lipinski definition) is 3. The van der Waals surface area contributed by atoms with E-state index in [1.165, 1.54) is 0 Å². The summed E-state index contributed by atoms with van der Waals surface area (Å²) in [6.45, 7) is 9.74. The first-order chi connectivity index (χ1) is 16.6. The number of benzene rings is 1. The Morgan fingerprint density at radius 2 is 1.83 bits per heavy atom. The number of amides is 1. The third-order valence-electron chi connectivity index (χ3n) is 5.16. The van der Waals surface area contributed by atoms with Crippen molar-refractivity contribution < 1.29 is 19.1 Å². The lowest BCUT2D eigenvalue weighted by Crippen LogP contribution is -2.29. The van der Waals surface area contributed by atoms with E-state index in [-0.39, 0.29) is 5.91 Å². The van der Waals surface area contributed by atoms with Crippen LogP contribution in [0.25, 0.3) is 0 Å². The van der Waals surface area contributed by atoms with Gasteiger partial charge >= 0.3 is 5.97 Å². The van der Waals surface area contributed by atoms with E-state index in [0.29, 0.717) is 60.1 Å². The van der Waals surface area contributed by atoms with Gasteiger partial charge in [-0.3, -0.25) is 4.79 Å². The molecule has 10 heteroatoms. The standard InChI is InChI=1S/C25H33N6O4/c1-7-18-21(23(32)26-13-12-20-28-15(2)30-31-20)19(29-22(18)24(33)35-25(3,4)5)14-27-16-8-10-17(34-6)11-9-16/h8-11,27,29H,7,12-14H2,1-6H3,(H,26,32). The molecule has 1 aliphatic heterocycles. The van der Waals surface area contributed by atoms with Crippen LogP contribution in [0.2, 0.25) is 0 Å². The number of carbonyl (C=O) groups is 2. The molecule has 0 atom stereocenters. The maximum Gasteiger partial charge on any atom is 0.355 e. The van der Waals surface area contributed by atoms with E-state index in [1.807, 2.05) is 31.2 Å². The smallest absolute Gasteiger partial charge is 0.355 e. The van der Waals surface area contributed by atoms with E-state index in [9.17, 15) is 9.59 Å². The van der Waals surface area contributed by atoms with Crippen LogP contribution in [0.4, 0.5) is 5.69 Å². The number of esters is 1. The summed E-state index contributed by atoms with van der Waals surface area (Å²) in [6.07, 6.45) is 0.933. The quantitative estimate of drug-likeness (QED) is 0.446. The number of methoxy groups -OCH3 is 1. The SMILES string of the molecule is CCc1c(C(=O)OC(C)(C)C)[nH]c(CNc2ccc(OC)cc2)c1C(=O)NCCC1=NN=C(C)[N]1. The van der Waals surface area contributed by atoms with Gasteiger partial charge in [-0.05, 0) is 63.9 Å². The molecule has 0 unspecified atom stereocenters. The van der Waals surface area contributed by atoms with Gasteiger partial charge in [-0.15, -0.1) is 10.2 Å². The summed E-state index contributed by atoms with van der Waals surface area (Å²) >= 11 is 0. The molecule has 1 aromatic carbocycles. The first-order valence-corrected chi connectivity index (χ1v) is 11.6. The largest absolute Gasteiger partial charge is 0.497 e. The molecule has 1 amide bonds. The second-order valence-corrected chi connectivity index (χ2v) is 9.05. The molecule has 0 saturated carbocycles. The van der Waals surface area contributed by atoms with Gasteiger partial charge in [0.2, 0.25) is 0 Å². The summed E-state index contributed by atoms with van der Waals surface area (Å²) in [5, 5.41) is 18.3. The number of H-pyrrole nitrogens is 1. The van der Waals surface area contributed by atoms with Crippen molar-refractivity contribution >= 4 is 29.2 Å². The van der Waals surface area contributed by atoms with Crippen molar-refractivity contribution in [2.24, 2.45) is 10.2 Å². The van der Waals surface area contributed by atoms with Crippen molar-refractivity contribution in [2.75, 3.05) is 19.0 Å². The molecule has 0 spiro atoms. The second-order valence-electron chi connectivity index (χ2n) is 9.05. The maximum absolute atomic E-state index is 13.3. The van der Waals surface area contributed by atoms with Crippen molar-refractivity contribution in [2.45, 2.75) is 59.6 Å². The summed E-state index contributed by atoms with van der Waals surface area (Å²) in [7, 11) is 1.61. The molecule has 0 aliphatic carbocycles. The van der Waals surface area contributed by atoms with Crippen LogP contribution in [0.1, 0.15) is 73.1 Å². The van der Waals surface area contributed by atoms with Crippen molar-refractivity contribution in [1.82, 2.24) is 15.6 Å². The summed E-state index contributed by atoms with van der Waals surface area (Å²) in [4.78, 5) is 29.4. The molecule has 10 nitrogen and oxygen atoms in total. The van der Waals surface area contributed by atoms with Crippen molar-refractivity contribution in [3.8, 4) is 5.75 Å². The third-order valence-corrected chi connectivity index (χ3v) is 5.16. The minimum absolute atomic E-state index is 0.282. The number of carbonyl (C=O) groups excluding carboxylic acids is 2. The molecule has 2 heterocycles. The molecular formula is C25H33N6O4. The lowest BCUT2D eigenvalue weighted by molar-refractivity contribution is 0.00622. The molecule has 0 bridgehead atoms. The third kappa shape index (κ3) is 6.84. The Hall–Kier alpha value is -3.82. The van der Waals surface area contributed by atoms with E-state index in [4.69, 9.17) is 9.47 Å². The number of hydrogen-bond acceptors (Lipinski definition) is 7. The van der Waals surface area contributed by atoms with Crippen LogP contribution in [0.3, 0.4) is 0 Å². The van der Waals surface area contributed by atoms with E-state index in [2.05, 4.69) is 31.1 Å². The predicted molar refractivity (Wildman–Crippen MR) is 135 cm³/mol. The van der Waals surface area contributed by atoms with Gasteiger partial charge in [0.25, 0.3) is 5.91 Å². The molecule has 1 aromatic heterocycles. The molecule has 3 N–H and O–H groups in total. The average Bonchev–Trinajstić information content (AvgIpc) is 3.39. The summed E-state index contributed by atoms with van der Waals surface area (Å²) in [5.41, 5.74) is 2.12. The maximum atomic E-state index is 13.3. The minimum atomic E-state index is -0.664. The Labute approximate surface area is 205 Å². The molecular weight excluding hydrogens is 448 g/mol. The van der Waals surface area contributed by atoms with Gasteiger partial charge in [0.1, 0.15) is 22.9 Å². The van der Waals surface area contributed by atoms with Crippen LogP contribution in [0.15, 0.2) is 34.5 Å². The van der Waals surface area contributed by atoms with Crippen molar-refractivity contribution in [3.63, 3.8) is 0 Å². The number of anilines is 1. The van der Waals surface area contributed by atoms with Gasteiger partial charge < -0.3 is 25.1 Å². The van der Waals surface area contributed by atoms with Gasteiger partial charge in [-0.1, -0.05) is 6.92 Å². The van der Waals surface area contributed by atoms with E-state index < -0.39 is 11.6 Å². The first-order valence-electron chi connectivity index (χ1n) is 11.6. The van der Waals surface area contributed by atoms with Crippen LogP contribution in [-0.4, -0.2) is 47.8 Å². The van der Waals surface area contributed by atoms with Gasteiger partial charge in [-0.25, -0.2) is 10.1 Å². The number of aromatic nitrogens is 1. The van der Waals surface area contributed by atoms with E-state index in [0.717, 1.165) is 11.4 Å². The zero-order valence-corrected chi connectivity index (χ0v) is 21.1. The highest BCUT2D eigenvalue weighted by Crippen LogP contribution is 2.24.